The Hall–Kier alpha value is -2.88. The lowest BCUT2D eigenvalue weighted by Crippen LogP contribution is -2.24. The maximum atomic E-state index is 10.4. The first kappa shape index (κ1) is 30.2. The van der Waals surface area contributed by atoms with Gasteiger partial charge in [-0.3, -0.25) is 9.97 Å². The Bertz CT molecular complexity index is 963. The quantitative estimate of drug-likeness (QED) is 0.224. The van der Waals surface area contributed by atoms with Gasteiger partial charge in [0.05, 0.1) is 37.6 Å². The lowest BCUT2D eigenvalue weighted by Gasteiger charge is -2.08. The van der Waals surface area contributed by atoms with Gasteiger partial charge in [-0.05, 0) is 26.8 Å². The number of ether oxygens (including phenoxy) is 2. The molecule has 0 aliphatic carbocycles. The topological polar surface area (TPSA) is 243 Å². The summed E-state index contributed by atoms with van der Waals surface area (Å²) in [5, 5.41) is 35.3. The predicted molar refractivity (Wildman–Crippen MR) is 127 cm³/mol. The second-order valence-corrected chi connectivity index (χ2v) is 8.06. The molecule has 2 aromatic heterocycles. The van der Waals surface area contributed by atoms with Gasteiger partial charge in [-0.1, -0.05) is 0 Å². The van der Waals surface area contributed by atoms with Gasteiger partial charge in [0.1, 0.15) is 23.8 Å². The van der Waals surface area contributed by atoms with Crippen molar-refractivity contribution in [3.8, 4) is 0 Å². The summed E-state index contributed by atoms with van der Waals surface area (Å²) in [5.41, 5.74) is 10.5. The fourth-order valence-corrected chi connectivity index (χ4v) is 3.06. The summed E-state index contributed by atoms with van der Waals surface area (Å²) < 4.78 is 10.2. The molecule has 6 atom stereocenters. The van der Waals surface area contributed by atoms with Crippen LogP contribution >= 0.6 is 0 Å². The summed E-state index contributed by atoms with van der Waals surface area (Å²) in [6.45, 7) is 5.40. The second-order valence-electron chi connectivity index (χ2n) is 8.06. The van der Waals surface area contributed by atoms with Gasteiger partial charge in [0, 0.05) is 30.8 Å². The lowest BCUT2D eigenvalue weighted by molar-refractivity contribution is -0.0170. The minimum absolute atomic E-state index is 0.0779. The summed E-state index contributed by atoms with van der Waals surface area (Å²) >= 11 is 0. The zero-order valence-electron chi connectivity index (χ0n) is 20.0. The van der Waals surface area contributed by atoms with E-state index in [0.29, 0.717) is 24.5 Å². The van der Waals surface area contributed by atoms with Crippen molar-refractivity contribution in [1.29, 1.82) is 0 Å². The van der Waals surface area contributed by atoms with E-state index in [9.17, 15) is 9.59 Å². The van der Waals surface area contributed by atoms with E-state index in [4.69, 9.17) is 41.4 Å². The third-order valence-corrected chi connectivity index (χ3v) is 4.92. The van der Waals surface area contributed by atoms with E-state index < -0.39 is 23.6 Å². The molecule has 0 radical (unpaired) electrons. The van der Waals surface area contributed by atoms with Crippen LogP contribution in [0.5, 0.6) is 0 Å². The molecule has 14 nitrogen and oxygen atoms in total. The number of aliphatic hydroxyl groups is 4. The van der Waals surface area contributed by atoms with E-state index in [2.05, 4.69) is 19.9 Å². The maximum absolute atomic E-state index is 10.4. The van der Waals surface area contributed by atoms with Crippen molar-refractivity contribution < 1.29 is 29.9 Å². The lowest BCUT2D eigenvalue weighted by atomic mass is 10.1. The number of hydrogen-bond donors (Lipinski definition) is 8. The number of aromatic amines is 2. The van der Waals surface area contributed by atoms with E-state index in [1.165, 1.54) is 18.5 Å². The van der Waals surface area contributed by atoms with Crippen molar-refractivity contribution >= 4 is 11.6 Å². The van der Waals surface area contributed by atoms with Gasteiger partial charge in [0.25, 0.3) is 0 Å². The van der Waals surface area contributed by atoms with Crippen LogP contribution in [0, 0.1) is 6.92 Å². The van der Waals surface area contributed by atoms with E-state index in [-0.39, 0.29) is 37.6 Å². The minimum Gasteiger partial charge on any atom is -0.394 e. The summed E-state index contributed by atoms with van der Waals surface area (Å²) in [6, 6.07) is 1.52. The van der Waals surface area contributed by atoms with Crippen molar-refractivity contribution in [2.45, 2.75) is 70.2 Å². The Labute approximate surface area is 202 Å². The number of aromatic nitrogens is 4. The number of hydrogen-bond acceptors (Lipinski definition) is 12. The number of nitrogen functional groups attached to an aromatic ring is 2. The summed E-state index contributed by atoms with van der Waals surface area (Å²) in [6.07, 6.45) is 2.64. The number of H-pyrrole nitrogens is 2. The number of aliphatic hydroxyl groups excluding tert-OH is 4. The molecule has 14 heteroatoms. The first-order chi connectivity index (χ1) is 16.5. The van der Waals surface area contributed by atoms with Crippen LogP contribution in [0.4, 0.5) is 11.6 Å². The highest BCUT2D eigenvalue weighted by molar-refractivity contribution is 5.34. The Balaban J connectivity index is 0.000000234. The summed E-state index contributed by atoms with van der Waals surface area (Å²) in [4.78, 5) is 32.1. The third kappa shape index (κ3) is 11.4. The molecule has 0 amide bonds. The van der Waals surface area contributed by atoms with E-state index in [1.807, 2.05) is 13.8 Å². The first-order valence-corrected chi connectivity index (χ1v) is 11.0. The molecule has 0 spiro atoms. The Morgan fingerprint density at radius 2 is 1.43 bits per heavy atom. The molecule has 6 unspecified atom stereocenters. The van der Waals surface area contributed by atoms with Crippen molar-refractivity contribution in [1.82, 2.24) is 19.9 Å². The van der Waals surface area contributed by atoms with Gasteiger partial charge in [0.15, 0.2) is 0 Å². The number of aryl methyl sites for hydroxylation is 1. The molecule has 10 N–H and O–H groups in total. The highest BCUT2D eigenvalue weighted by atomic mass is 16.5. The molecule has 2 aromatic rings. The van der Waals surface area contributed by atoms with Crippen molar-refractivity contribution in [2.75, 3.05) is 24.7 Å². The van der Waals surface area contributed by atoms with Crippen LogP contribution in [0.1, 0.15) is 32.3 Å². The molecule has 0 bridgehead atoms. The van der Waals surface area contributed by atoms with Gasteiger partial charge in [-0.2, -0.15) is 0 Å². The zero-order valence-corrected chi connectivity index (χ0v) is 20.0. The maximum Gasteiger partial charge on any atom is 0.346 e. The van der Waals surface area contributed by atoms with Crippen molar-refractivity contribution in [3.05, 3.63) is 45.0 Å². The average molecular weight is 501 g/mol. The van der Waals surface area contributed by atoms with Gasteiger partial charge >= 0.3 is 11.4 Å². The monoisotopic (exact) mass is 500 g/mol. The van der Waals surface area contributed by atoms with Crippen LogP contribution < -0.4 is 22.8 Å². The van der Waals surface area contributed by atoms with Crippen LogP contribution in [-0.4, -0.2) is 90.2 Å². The Morgan fingerprint density at radius 3 is 1.69 bits per heavy atom. The van der Waals surface area contributed by atoms with E-state index in [1.54, 1.807) is 6.92 Å². The number of anilines is 2. The highest BCUT2D eigenvalue weighted by Crippen LogP contribution is 2.19. The molecule has 2 saturated heterocycles. The standard InChI is InChI=1S/2C6H12O3.C5H7N3O.C4H5N3O/c2*1-4-2-5(8)6(3-7)9-4;1-3-2-7-5(9)8-4(3)6;5-3-1-2-6-4(8)7-3/h2*4-8H,2-3H2,1H3;2H,1H3,(H3,6,7,8,9);1-2H,(H3,5,6,7,8). The number of nitrogens with one attached hydrogen (secondary N) is 2. The van der Waals surface area contributed by atoms with Crippen LogP contribution in [0.2, 0.25) is 0 Å². The molecule has 35 heavy (non-hydrogen) atoms. The predicted octanol–water partition coefficient (Wildman–Crippen LogP) is -1.95. The third-order valence-electron chi connectivity index (χ3n) is 4.92. The molecule has 2 aliphatic rings. The van der Waals surface area contributed by atoms with Crippen LogP contribution in [-0.2, 0) is 9.47 Å². The molecule has 0 aromatic carbocycles. The molecule has 0 saturated carbocycles. The fraction of sp³-hybridized carbons (Fsp3) is 0.619. The second kappa shape index (κ2) is 15.2. The summed E-state index contributed by atoms with van der Waals surface area (Å²) in [7, 11) is 0. The smallest absolute Gasteiger partial charge is 0.346 e. The number of nitrogens with two attached hydrogens (primary N) is 2. The van der Waals surface area contributed by atoms with Gasteiger partial charge in [-0.15, -0.1) is 0 Å². The zero-order chi connectivity index (χ0) is 26.5. The minimum atomic E-state index is -0.468. The van der Waals surface area contributed by atoms with E-state index in [0.717, 1.165) is 5.56 Å². The molecule has 2 aliphatic heterocycles. The molecular formula is C21H36N6O8. The van der Waals surface area contributed by atoms with Crippen LogP contribution in [0.15, 0.2) is 28.0 Å². The van der Waals surface area contributed by atoms with Gasteiger partial charge in [-0.25, -0.2) is 19.6 Å². The van der Waals surface area contributed by atoms with Gasteiger partial charge < -0.3 is 41.4 Å². The first-order valence-electron chi connectivity index (χ1n) is 11.0. The van der Waals surface area contributed by atoms with Crippen molar-refractivity contribution in [2.24, 2.45) is 0 Å². The Kier molecular flexibility index (Phi) is 13.1. The molecule has 2 fully saturated rings. The largest absolute Gasteiger partial charge is 0.394 e. The van der Waals surface area contributed by atoms with Crippen LogP contribution in [0.25, 0.3) is 0 Å². The molecule has 4 rings (SSSR count). The molecule has 198 valence electrons. The van der Waals surface area contributed by atoms with Crippen LogP contribution in [0.3, 0.4) is 0 Å². The number of rotatable bonds is 2. The van der Waals surface area contributed by atoms with E-state index >= 15 is 0 Å². The molecular weight excluding hydrogens is 464 g/mol. The summed E-state index contributed by atoms with van der Waals surface area (Å²) in [5.74, 6) is 0.722. The highest BCUT2D eigenvalue weighted by Gasteiger charge is 2.30. The SMILES string of the molecule is CC1CC(O)C(CO)O1.CC1CC(O)C(CO)O1.Cc1cnc(=O)[nH]c1N.Nc1ccnc(=O)[nH]1. The van der Waals surface area contributed by atoms with Crippen molar-refractivity contribution in [3.63, 3.8) is 0 Å². The fourth-order valence-electron chi connectivity index (χ4n) is 3.06. The Morgan fingerprint density at radius 1 is 0.943 bits per heavy atom. The average Bonchev–Trinajstić information content (AvgIpc) is 3.30. The normalized spacial score (nSPS) is 26.9. The molecule has 4 heterocycles. The van der Waals surface area contributed by atoms with Gasteiger partial charge in [0.2, 0.25) is 0 Å². The number of nitrogens with zero attached hydrogens (tertiary/aromatic N) is 2.